The summed E-state index contributed by atoms with van der Waals surface area (Å²) in [7, 11) is 0. The van der Waals surface area contributed by atoms with Gasteiger partial charge in [-0.3, -0.25) is 14.6 Å². The molecule has 2 amide bonds. The van der Waals surface area contributed by atoms with E-state index in [9.17, 15) is 22.8 Å². The van der Waals surface area contributed by atoms with E-state index >= 15 is 0 Å². The molecule has 14 heteroatoms. The van der Waals surface area contributed by atoms with Crippen molar-refractivity contribution in [1.29, 1.82) is 0 Å². The van der Waals surface area contributed by atoms with Crippen molar-refractivity contribution in [3.63, 3.8) is 0 Å². The van der Waals surface area contributed by atoms with E-state index < -0.39 is 18.2 Å². The molecule has 2 fully saturated rings. The molecule has 270 valence electrons. The van der Waals surface area contributed by atoms with Crippen LogP contribution in [0.15, 0.2) is 77.8 Å². The van der Waals surface area contributed by atoms with Crippen LogP contribution >= 0.6 is 0 Å². The van der Waals surface area contributed by atoms with Crippen LogP contribution in [0.4, 0.5) is 13.2 Å². The zero-order chi connectivity index (χ0) is 36.1. The predicted molar refractivity (Wildman–Crippen MR) is 184 cm³/mol. The molecule has 3 aromatic carbocycles. The van der Waals surface area contributed by atoms with E-state index in [1.807, 2.05) is 47.4 Å². The molecule has 0 bridgehead atoms. The lowest BCUT2D eigenvalue weighted by molar-refractivity contribution is -0.192. The van der Waals surface area contributed by atoms with Gasteiger partial charge in [0, 0.05) is 25.6 Å². The first kappa shape index (κ1) is 38.1. The Morgan fingerprint density at radius 2 is 1.70 bits per heavy atom. The Hall–Kier alpha value is -4.69. The summed E-state index contributed by atoms with van der Waals surface area (Å²) >= 11 is 0. The topological polar surface area (TPSA) is 172 Å². The average Bonchev–Trinajstić information content (AvgIpc) is 3.52. The molecular weight excluding hydrogens is 653 g/mol. The summed E-state index contributed by atoms with van der Waals surface area (Å²) in [5.41, 5.74) is 13.2. The highest BCUT2D eigenvalue weighted by atomic mass is 19.4. The second kappa shape index (κ2) is 18.3. The molecule has 0 aromatic heterocycles. The summed E-state index contributed by atoms with van der Waals surface area (Å²) < 4.78 is 38.1. The lowest BCUT2D eigenvalue weighted by Crippen LogP contribution is -2.56. The van der Waals surface area contributed by atoms with E-state index in [1.54, 1.807) is 0 Å². The third-order valence-corrected chi connectivity index (χ3v) is 8.72. The van der Waals surface area contributed by atoms with Gasteiger partial charge in [0.25, 0.3) is 0 Å². The van der Waals surface area contributed by atoms with Crippen molar-refractivity contribution in [2.75, 3.05) is 19.6 Å². The van der Waals surface area contributed by atoms with Crippen LogP contribution in [0.3, 0.4) is 0 Å². The van der Waals surface area contributed by atoms with Crippen LogP contribution in [-0.2, 0) is 32.1 Å². The number of halogens is 3. The van der Waals surface area contributed by atoms with E-state index in [1.165, 1.54) is 10.8 Å². The lowest BCUT2D eigenvalue weighted by Gasteiger charge is -2.31. The number of carboxylic acids is 1. The van der Waals surface area contributed by atoms with Crippen LogP contribution in [0, 0.1) is 0 Å². The Kier molecular flexibility index (Phi) is 14.0. The van der Waals surface area contributed by atoms with Crippen molar-refractivity contribution >= 4 is 34.5 Å². The van der Waals surface area contributed by atoms with Gasteiger partial charge in [0.2, 0.25) is 11.8 Å². The fraction of sp³-hybridized carbons (Fsp3) is 0.444. The summed E-state index contributed by atoms with van der Waals surface area (Å²) in [4.78, 5) is 42.5. The van der Waals surface area contributed by atoms with Gasteiger partial charge in [-0.25, -0.2) is 4.79 Å². The lowest BCUT2D eigenvalue weighted by atomic mass is 10.0. The fourth-order valence-corrected chi connectivity index (χ4v) is 6.21. The van der Waals surface area contributed by atoms with Crippen LogP contribution in [0.1, 0.15) is 49.7 Å². The minimum absolute atomic E-state index is 0.0358. The number of fused-ring (bicyclic) bond motifs is 1. The molecule has 0 saturated carbocycles. The number of amides is 2. The minimum atomic E-state index is -5.08. The van der Waals surface area contributed by atoms with Gasteiger partial charge in [0.15, 0.2) is 5.96 Å². The third kappa shape index (κ3) is 11.7. The first-order valence-corrected chi connectivity index (χ1v) is 16.7. The quantitative estimate of drug-likeness (QED) is 0.108. The number of piperidine rings is 1. The summed E-state index contributed by atoms with van der Waals surface area (Å²) in [5.74, 6) is -2.87. The largest absolute Gasteiger partial charge is 0.490 e. The number of alkyl halides is 3. The molecule has 2 heterocycles. The zero-order valence-electron chi connectivity index (χ0n) is 27.8. The van der Waals surface area contributed by atoms with Gasteiger partial charge in [0.1, 0.15) is 6.04 Å². The number of likely N-dealkylation sites (tertiary alicyclic amines) is 1. The number of nitrogens with one attached hydrogen (secondary N) is 2. The second-order valence-electron chi connectivity index (χ2n) is 12.5. The molecule has 2 saturated heterocycles. The zero-order valence-corrected chi connectivity index (χ0v) is 27.8. The van der Waals surface area contributed by atoms with E-state index in [0.717, 1.165) is 56.2 Å². The average molecular weight is 699 g/mol. The van der Waals surface area contributed by atoms with E-state index in [0.29, 0.717) is 26.1 Å². The van der Waals surface area contributed by atoms with Gasteiger partial charge in [-0.2, -0.15) is 13.2 Å². The highest BCUT2D eigenvalue weighted by Crippen LogP contribution is 2.27. The molecule has 0 radical (unpaired) electrons. The van der Waals surface area contributed by atoms with Crippen molar-refractivity contribution < 1.29 is 37.4 Å². The Morgan fingerprint density at radius 3 is 2.36 bits per heavy atom. The van der Waals surface area contributed by atoms with Crippen molar-refractivity contribution in [2.24, 2.45) is 16.5 Å². The van der Waals surface area contributed by atoms with Crippen molar-refractivity contribution in [3.8, 4) is 0 Å². The fourth-order valence-electron chi connectivity index (χ4n) is 6.21. The minimum Gasteiger partial charge on any atom is -0.475 e. The van der Waals surface area contributed by atoms with Crippen molar-refractivity contribution in [3.05, 3.63) is 83.9 Å². The molecular formula is C36H45F3N6O5. The molecule has 2 aliphatic heterocycles. The van der Waals surface area contributed by atoms with Gasteiger partial charge < -0.3 is 36.8 Å². The molecule has 0 aliphatic carbocycles. The Bertz CT molecular complexity index is 1600. The first-order chi connectivity index (χ1) is 23.9. The van der Waals surface area contributed by atoms with Crippen LogP contribution in [0.25, 0.3) is 10.8 Å². The number of carbonyl (C=O) groups is 3. The summed E-state index contributed by atoms with van der Waals surface area (Å²) in [6.45, 7) is 2.26. The number of hydrogen-bond acceptors (Lipinski definition) is 6. The number of nitrogens with two attached hydrogens (primary N) is 2. The van der Waals surface area contributed by atoms with E-state index in [2.05, 4.69) is 46.0 Å². The van der Waals surface area contributed by atoms with Gasteiger partial charge in [-0.15, -0.1) is 0 Å². The normalized spacial score (nSPS) is 19.6. The molecule has 2 aliphatic rings. The van der Waals surface area contributed by atoms with Crippen LogP contribution < -0.4 is 22.1 Å². The number of guanidine groups is 1. The molecule has 0 unspecified atom stereocenters. The van der Waals surface area contributed by atoms with E-state index in [4.69, 9.17) is 26.1 Å². The van der Waals surface area contributed by atoms with Gasteiger partial charge >= 0.3 is 12.1 Å². The molecule has 3 aromatic rings. The Labute approximate surface area is 289 Å². The SMILES string of the molecule is NC(N)=NCCC[C@@H]1C[C@@H](OCc2ccc3ccccc3c2)CN1C(=O)[C@@H](Cc1ccccc1)NC(=O)[C@@H]1CCCCN1.O=C(O)C(F)(F)F. The molecule has 5 rings (SSSR count). The molecule has 50 heavy (non-hydrogen) atoms. The molecule has 7 N–H and O–H groups in total. The van der Waals surface area contributed by atoms with Crippen LogP contribution in [0.2, 0.25) is 0 Å². The highest BCUT2D eigenvalue weighted by Gasteiger charge is 2.40. The monoisotopic (exact) mass is 698 g/mol. The van der Waals surface area contributed by atoms with Crippen LogP contribution in [0.5, 0.6) is 0 Å². The first-order valence-electron chi connectivity index (χ1n) is 16.7. The van der Waals surface area contributed by atoms with Crippen molar-refractivity contribution in [1.82, 2.24) is 15.5 Å². The summed E-state index contributed by atoms with van der Waals surface area (Å²) in [5, 5.41) is 15.9. The summed E-state index contributed by atoms with van der Waals surface area (Å²) in [6, 6.07) is 23.5. The maximum absolute atomic E-state index is 14.3. The Morgan fingerprint density at radius 1 is 1.00 bits per heavy atom. The maximum Gasteiger partial charge on any atom is 0.490 e. The third-order valence-electron chi connectivity index (χ3n) is 8.72. The van der Waals surface area contributed by atoms with E-state index in [-0.39, 0.29) is 36.0 Å². The molecule has 0 spiro atoms. The highest BCUT2D eigenvalue weighted by molar-refractivity contribution is 5.90. The van der Waals surface area contributed by atoms with Crippen LogP contribution in [-0.4, -0.2) is 83.8 Å². The summed E-state index contributed by atoms with van der Waals surface area (Å²) in [6.07, 6.45) is 0.278. The predicted octanol–water partition coefficient (Wildman–Crippen LogP) is 3.88. The number of aliphatic imine (C=N–C) groups is 1. The number of hydrogen-bond donors (Lipinski definition) is 5. The number of aliphatic carboxylic acids is 1. The van der Waals surface area contributed by atoms with Gasteiger partial charge in [-0.05, 0) is 66.6 Å². The number of carbonyl (C=O) groups excluding carboxylic acids is 2. The van der Waals surface area contributed by atoms with Crippen molar-refractivity contribution in [2.45, 2.75) is 82.0 Å². The number of benzene rings is 3. The number of carboxylic acid groups (broad SMARTS) is 1. The Balaban J connectivity index is 0.000000727. The number of rotatable bonds is 12. The standard InChI is InChI=1S/C34H44N6O3.C2HF3O2/c35-34(36)38-18-8-13-28-21-29(43-23-25-15-16-26-11-4-5-12-27(26)19-25)22-40(28)33(42)31(20-24-9-2-1-3-10-24)39-32(41)30-14-6-7-17-37-30;3-2(4,5)1(6)7/h1-5,9-12,15-16,19,28-31,37H,6-8,13-14,17-18,20-23H2,(H,39,41)(H4,35,36,38);(H,6,7)/t28-,29-,30+,31-;/m1./s1. The van der Waals surface area contributed by atoms with Gasteiger partial charge in [-0.1, -0.05) is 73.2 Å². The maximum atomic E-state index is 14.3. The molecule has 11 nitrogen and oxygen atoms in total. The number of nitrogens with zero attached hydrogens (tertiary/aromatic N) is 2. The molecule has 4 atom stereocenters. The smallest absolute Gasteiger partial charge is 0.475 e. The second-order valence-corrected chi connectivity index (χ2v) is 12.5. The number of ether oxygens (including phenoxy) is 1. The van der Waals surface area contributed by atoms with Gasteiger partial charge in [0.05, 0.1) is 18.8 Å².